The molecule has 4 nitrogen and oxygen atoms in total. The van der Waals surface area contributed by atoms with Gasteiger partial charge < -0.3 is 5.73 Å². The van der Waals surface area contributed by atoms with Crippen molar-refractivity contribution in [3.8, 4) is 0 Å². The number of hydrogen-bond acceptors (Lipinski definition) is 4. The van der Waals surface area contributed by atoms with E-state index < -0.39 is 11.9 Å². The molecule has 0 aromatic rings. The number of ketones is 1. The number of Topliss-reactive ketones (excluding diaryl/α,β-unsaturated/α-hetero) is 1. The fraction of sp³-hybridized carbons (Fsp3) is 0.818. The summed E-state index contributed by atoms with van der Waals surface area (Å²) in [7, 11) is 0. The third-order valence-corrected chi connectivity index (χ3v) is 2.90. The number of nitrogens with two attached hydrogens (primary N) is 1. The smallest absolute Gasteiger partial charge is 0.242 e. The Morgan fingerprint density at radius 3 is 2.56 bits per heavy atom. The van der Waals surface area contributed by atoms with Crippen molar-refractivity contribution < 1.29 is 9.59 Å². The zero-order valence-electron chi connectivity index (χ0n) is 10.1. The molecule has 0 radical (unpaired) electrons. The summed E-state index contributed by atoms with van der Waals surface area (Å²) in [6.07, 6.45) is 5.51. The largest absolute Gasteiger partial charge is 0.368 e. The minimum absolute atomic E-state index is 0.0988. The van der Waals surface area contributed by atoms with E-state index in [2.05, 4.69) is 12.2 Å². The monoisotopic (exact) mass is 246 g/mol. The van der Waals surface area contributed by atoms with Gasteiger partial charge in [-0.3, -0.25) is 14.9 Å². The number of carbonyl (C=O) groups excluding carboxylic acids is 2. The van der Waals surface area contributed by atoms with Crippen molar-refractivity contribution in [2.75, 3.05) is 18.6 Å². The topological polar surface area (TPSA) is 72.2 Å². The molecular weight excluding hydrogens is 224 g/mol. The highest BCUT2D eigenvalue weighted by molar-refractivity contribution is 7.98. The maximum absolute atomic E-state index is 11.6. The molecule has 0 saturated carbocycles. The lowest BCUT2D eigenvalue weighted by Gasteiger charge is -2.13. The first-order valence-corrected chi connectivity index (χ1v) is 7.07. The van der Waals surface area contributed by atoms with Crippen molar-refractivity contribution in [2.24, 2.45) is 5.73 Å². The van der Waals surface area contributed by atoms with Gasteiger partial charge in [-0.15, -0.1) is 0 Å². The summed E-state index contributed by atoms with van der Waals surface area (Å²) in [5.74, 6) is 0.0696. The van der Waals surface area contributed by atoms with Crippen LogP contribution in [0.2, 0.25) is 0 Å². The molecule has 1 unspecified atom stereocenters. The highest BCUT2D eigenvalue weighted by Gasteiger charge is 2.22. The van der Waals surface area contributed by atoms with E-state index in [0.29, 0.717) is 13.0 Å². The van der Waals surface area contributed by atoms with Gasteiger partial charge in [0.15, 0.2) is 5.78 Å². The molecule has 0 aliphatic carbocycles. The van der Waals surface area contributed by atoms with Gasteiger partial charge in [0.1, 0.15) is 6.04 Å². The molecule has 0 saturated heterocycles. The lowest BCUT2D eigenvalue weighted by atomic mass is 10.1. The highest BCUT2D eigenvalue weighted by Crippen LogP contribution is 2.00. The fourth-order valence-corrected chi connectivity index (χ4v) is 1.75. The SMILES string of the molecule is CCCCCNC(C(N)=O)C(=O)CCSC. The van der Waals surface area contributed by atoms with Gasteiger partial charge in [0, 0.05) is 6.42 Å². The maximum Gasteiger partial charge on any atom is 0.242 e. The average molecular weight is 246 g/mol. The minimum Gasteiger partial charge on any atom is -0.368 e. The Bertz CT molecular complexity index is 222. The van der Waals surface area contributed by atoms with E-state index in [-0.39, 0.29) is 5.78 Å². The molecule has 5 heteroatoms. The van der Waals surface area contributed by atoms with E-state index in [1.54, 1.807) is 11.8 Å². The van der Waals surface area contributed by atoms with Crippen molar-refractivity contribution >= 4 is 23.5 Å². The fourth-order valence-electron chi connectivity index (χ4n) is 1.34. The van der Waals surface area contributed by atoms with Crippen LogP contribution < -0.4 is 11.1 Å². The van der Waals surface area contributed by atoms with Gasteiger partial charge in [-0.1, -0.05) is 19.8 Å². The summed E-state index contributed by atoms with van der Waals surface area (Å²) < 4.78 is 0. The number of hydrogen-bond donors (Lipinski definition) is 2. The van der Waals surface area contributed by atoms with Crippen LogP contribution in [0.3, 0.4) is 0 Å². The van der Waals surface area contributed by atoms with E-state index >= 15 is 0 Å². The van der Waals surface area contributed by atoms with Gasteiger partial charge >= 0.3 is 0 Å². The van der Waals surface area contributed by atoms with Crippen molar-refractivity contribution in [3.05, 3.63) is 0 Å². The molecule has 3 N–H and O–H groups in total. The molecule has 1 atom stereocenters. The second-order valence-electron chi connectivity index (χ2n) is 3.71. The van der Waals surface area contributed by atoms with Gasteiger partial charge in [-0.05, 0) is 25.0 Å². The summed E-state index contributed by atoms with van der Waals surface area (Å²) >= 11 is 1.59. The Morgan fingerprint density at radius 1 is 1.38 bits per heavy atom. The Morgan fingerprint density at radius 2 is 2.06 bits per heavy atom. The van der Waals surface area contributed by atoms with Crippen molar-refractivity contribution in [2.45, 2.75) is 38.6 Å². The second-order valence-corrected chi connectivity index (χ2v) is 4.69. The molecule has 16 heavy (non-hydrogen) atoms. The van der Waals surface area contributed by atoms with Crippen LogP contribution in [-0.2, 0) is 9.59 Å². The van der Waals surface area contributed by atoms with Gasteiger partial charge in [0.25, 0.3) is 0 Å². The summed E-state index contributed by atoms with van der Waals surface area (Å²) in [5, 5.41) is 2.93. The van der Waals surface area contributed by atoms with Gasteiger partial charge in [-0.25, -0.2) is 0 Å². The standard InChI is InChI=1S/C11H22N2O2S/c1-3-4-5-7-13-10(11(12)15)9(14)6-8-16-2/h10,13H,3-8H2,1-2H3,(H2,12,15). The Balaban J connectivity index is 3.96. The van der Waals surface area contributed by atoms with E-state index in [9.17, 15) is 9.59 Å². The van der Waals surface area contributed by atoms with E-state index in [1.165, 1.54) is 0 Å². The van der Waals surface area contributed by atoms with Crippen LogP contribution in [0.5, 0.6) is 0 Å². The molecule has 0 bridgehead atoms. The third-order valence-electron chi connectivity index (χ3n) is 2.29. The number of primary amides is 1. The summed E-state index contributed by atoms with van der Waals surface area (Å²) in [6.45, 7) is 2.78. The normalized spacial score (nSPS) is 12.4. The predicted molar refractivity (Wildman–Crippen MR) is 68.5 cm³/mol. The van der Waals surface area contributed by atoms with Crippen LogP contribution in [-0.4, -0.2) is 36.3 Å². The molecule has 0 fully saturated rings. The predicted octanol–water partition coefficient (Wildman–Crippen LogP) is 0.942. The van der Waals surface area contributed by atoms with Crippen LogP contribution in [0.4, 0.5) is 0 Å². The summed E-state index contributed by atoms with van der Waals surface area (Å²) in [4.78, 5) is 22.7. The Kier molecular flexibility index (Phi) is 9.33. The van der Waals surface area contributed by atoms with Crippen LogP contribution in [0.25, 0.3) is 0 Å². The molecule has 0 spiro atoms. The molecule has 0 heterocycles. The van der Waals surface area contributed by atoms with Crippen molar-refractivity contribution in [3.63, 3.8) is 0 Å². The first kappa shape index (κ1) is 15.4. The van der Waals surface area contributed by atoms with Crippen LogP contribution in [0, 0.1) is 0 Å². The van der Waals surface area contributed by atoms with Crippen LogP contribution >= 0.6 is 11.8 Å². The van der Waals surface area contributed by atoms with Crippen LogP contribution in [0.15, 0.2) is 0 Å². The molecule has 0 aliphatic heterocycles. The number of amides is 1. The molecular formula is C11H22N2O2S. The van der Waals surface area contributed by atoms with E-state index in [1.807, 2.05) is 6.26 Å². The second kappa shape index (κ2) is 9.66. The van der Waals surface area contributed by atoms with Crippen molar-refractivity contribution in [1.29, 1.82) is 0 Å². The molecule has 0 aromatic heterocycles. The zero-order valence-corrected chi connectivity index (χ0v) is 10.9. The highest BCUT2D eigenvalue weighted by atomic mass is 32.2. The van der Waals surface area contributed by atoms with Crippen molar-refractivity contribution in [1.82, 2.24) is 5.32 Å². The lowest BCUT2D eigenvalue weighted by molar-refractivity contribution is -0.129. The Hall–Kier alpha value is -0.550. The summed E-state index contributed by atoms with van der Waals surface area (Å²) in [6, 6.07) is -0.802. The van der Waals surface area contributed by atoms with Gasteiger partial charge in [0.05, 0.1) is 0 Å². The van der Waals surface area contributed by atoms with E-state index in [0.717, 1.165) is 25.0 Å². The third kappa shape index (κ3) is 6.85. The number of thioether (sulfide) groups is 1. The number of rotatable bonds is 10. The van der Waals surface area contributed by atoms with Gasteiger partial charge in [-0.2, -0.15) is 11.8 Å². The number of nitrogens with one attached hydrogen (secondary N) is 1. The molecule has 0 aromatic carbocycles. The number of carbonyl (C=O) groups is 2. The molecule has 0 aliphatic rings. The molecule has 1 amide bonds. The van der Waals surface area contributed by atoms with E-state index in [4.69, 9.17) is 5.73 Å². The number of unbranched alkanes of at least 4 members (excludes halogenated alkanes) is 2. The first-order valence-electron chi connectivity index (χ1n) is 5.67. The minimum atomic E-state index is -0.802. The zero-order chi connectivity index (χ0) is 12.4. The quantitative estimate of drug-likeness (QED) is 0.444. The van der Waals surface area contributed by atoms with Crippen LogP contribution in [0.1, 0.15) is 32.6 Å². The molecule has 94 valence electrons. The van der Waals surface area contributed by atoms with Gasteiger partial charge in [0.2, 0.25) is 5.91 Å². The lowest BCUT2D eigenvalue weighted by Crippen LogP contribution is -2.47. The Labute approximate surface area is 102 Å². The summed E-state index contributed by atoms with van der Waals surface area (Å²) in [5.41, 5.74) is 5.20. The molecule has 0 rings (SSSR count). The average Bonchev–Trinajstić information content (AvgIpc) is 2.25. The maximum atomic E-state index is 11.6. The first-order chi connectivity index (χ1) is 7.63.